The first-order valence-electron chi connectivity index (χ1n) is 8.30. The van der Waals surface area contributed by atoms with Gasteiger partial charge in [-0.15, -0.1) is 0 Å². The van der Waals surface area contributed by atoms with Crippen molar-refractivity contribution in [3.63, 3.8) is 0 Å². The Labute approximate surface area is 136 Å². The average molecular weight is 317 g/mol. The number of nitrogens with one attached hydrogen (secondary N) is 1. The molecule has 2 amide bonds. The molecule has 1 aliphatic carbocycles. The molecule has 2 aliphatic heterocycles. The molecule has 1 aromatic carbocycles. The molecule has 1 saturated carbocycles. The van der Waals surface area contributed by atoms with E-state index >= 15 is 0 Å². The highest BCUT2D eigenvalue weighted by atomic mass is 32.2. The van der Waals surface area contributed by atoms with E-state index in [1.54, 1.807) is 0 Å². The van der Waals surface area contributed by atoms with Crippen LogP contribution in [0.5, 0.6) is 0 Å². The molecule has 2 heterocycles. The van der Waals surface area contributed by atoms with Crippen molar-refractivity contribution >= 4 is 29.2 Å². The molecule has 2 atom stereocenters. The van der Waals surface area contributed by atoms with Gasteiger partial charge < -0.3 is 15.1 Å². The van der Waals surface area contributed by atoms with E-state index in [1.165, 1.54) is 36.5 Å². The summed E-state index contributed by atoms with van der Waals surface area (Å²) in [5, 5.41) is 3.06. The minimum absolute atomic E-state index is 0.0781. The van der Waals surface area contributed by atoms with Crippen molar-refractivity contribution in [1.82, 2.24) is 4.90 Å². The Hall–Kier alpha value is -1.36. The first kappa shape index (κ1) is 14.2. The fourth-order valence-electron chi connectivity index (χ4n) is 3.95. The molecular formula is C17H23N3OS. The van der Waals surface area contributed by atoms with E-state index in [0.29, 0.717) is 6.04 Å². The summed E-state index contributed by atoms with van der Waals surface area (Å²) in [6.07, 6.45) is 3.70. The van der Waals surface area contributed by atoms with Gasteiger partial charge in [0.2, 0.25) is 0 Å². The van der Waals surface area contributed by atoms with Gasteiger partial charge >= 0.3 is 6.03 Å². The lowest BCUT2D eigenvalue weighted by Gasteiger charge is -2.29. The first-order chi connectivity index (χ1) is 10.8. The van der Waals surface area contributed by atoms with Crippen LogP contribution in [-0.2, 0) is 0 Å². The number of carbonyl (C=O) groups excluding carboxylic acids is 1. The highest BCUT2D eigenvalue weighted by Gasteiger charge is 2.40. The maximum Gasteiger partial charge on any atom is 0.322 e. The molecule has 4 rings (SSSR count). The quantitative estimate of drug-likeness (QED) is 0.909. The Morgan fingerprint density at radius 2 is 1.91 bits per heavy atom. The van der Waals surface area contributed by atoms with E-state index in [-0.39, 0.29) is 6.03 Å². The number of anilines is 2. The number of thioether (sulfide) groups is 1. The molecule has 3 aliphatic rings. The summed E-state index contributed by atoms with van der Waals surface area (Å²) in [5.41, 5.74) is 2.17. The summed E-state index contributed by atoms with van der Waals surface area (Å²) in [6.45, 7) is 3.18. The van der Waals surface area contributed by atoms with Gasteiger partial charge in [0.1, 0.15) is 0 Å². The molecule has 1 N–H and O–H groups in total. The Bertz CT molecular complexity index is 541. The second-order valence-corrected chi connectivity index (χ2v) is 7.79. The van der Waals surface area contributed by atoms with Crippen molar-refractivity contribution in [2.45, 2.75) is 25.3 Å². The lowest BCUT2D eigenvalue weighted by molar-refractivity contribution is 0.194. The van der Waals surface area contributed by atoms with Crippen LogP contribution >= 0.6 is 11.8 Å². The second-order valence-electron chi connectivity index (χ2n) is 6.56. The van der Waals surface area contributed by atoms with Crippen molar-refractivity contribution in [1.29, 1.82) is 0 Å². The molecule has 1 aromatic rings. The van der Waals surface area contributed by atoms with Crippen LogP contribution in [0.2, 0.25) is 0 Å². The van der Waals surface area contributed by atoms with Crippen molar-refractivity contribution in [3.05, 3.63) is 24.3 Å². The summed E-state index contributed by atoms with van der Waals surface area (Å²) in [6, 6.07) is 8.88. The van der Waals surface area contributed by atoms with E-state index < -0.39 is 0 Å². The molecule has 2 unspecified atom stereocenters. The van der Waals surface area contributed by atoms with Gasteiger partial charge in [-0.1, -0.05) is 0 Å². The molecule has 2 saturated heterocycles. The molecule has 2 bridgehead atoms. The van der Waals surface area contributed by atoms with Crippen LogP contribution in [0.3, 0.4) is 0 Å². The molecule has 3 fully saturated rings. The van der Waals surface area contributed by atoms with E-state index in [2.05, 4.69) is 22.3 Å². The van der Waals surface area contributed by atoms with Gasteiger partial charge in [-0.2, -0.15) is 11.8 Å². The normalized spacial score (nSPS) is 27.3. The van der Waals surface area contributed by atoms with Crippen molar-refractivity contribution in [3.8, 4) is 0 Å². The Balaban J connectivity index is 1.37. The van der Waals surface area contributed by atoms with Crippen molar-refractivity contribution in [2.75, 3.05) is 41.4 Å². The topological polar surface area (TPSA) is 35.6 Å². The zero-order valence-corrected chi connectivity index (χ0v) is 13.6. The second kappa shape index (κ2) is 6.03. The SMILES string of the molecule is O=C(Nc1ccc(N2CCSCC2)cc1)N1CC2CCC1C2. The molecule has 118 valence electrons. The predicted octanol–water partition coefficient (Wildman–Crippen LogP) is 3.26. The number of nitrogens with zero attached hydrogens (tertiary/aromatic N) is 2. The monoisotopic (exact) mass is 317 g/mol. The zero-order valence-electron chi connectivity index (χ0n) is 12.8. The number of likely N-dealkylation sites (tertiary alicyclic amines) is 1. The van der Waals surface area contributed by atoms with Crippen LogP contribution in [-0.4, -0.2) is 48.1 Å². The molecular weight excluding hydrogens is 294 g/mol. The van der Waals surface area contributed by atoms with Crippen LogP contribution in [0.15, 0.2) is 24.3 Å². The molecule has 5 heteroatoms. The summed E-state index contributed by atoms with van der Waals surface area (Å²) >= 11 is 2.02. The third kappa shape index (κ3) is 2.78. The number of amides is 2. The third-order valence-corrected chi connectivity index (χ3v) is 6.11. The number of rotatable bonds is 2. The first-order valence-corrected chi connectivity index (χ1v) is 9.45. The summed E-state index contributed by atoms with van der Waals surface area (Å²) in [7, 11) is 0. The van der Waals surface area contributed by atoms with Gasteiger partial charge in [0, 0.05) is 48.6 Å². The smallest absolute Gasteiger partial charge is 0.322 e. The Morgan fingerprint density at radius 1 is 1.14 bits per heavy atom. The van der Waals surface area contributed by atoms with Crippen LogP contribution in [0, 0.1) is 5.92 Å². The fraction of sp³-hybridized carbons (Fsp3) is 0.588. The maximum absolute atomic E-state index is 12.4. The standard InChI is InChI=1S/C17H23N3OS/c21-17(20-12-13-1-4-16(20)11-13)18-14-2-5-15(6-3-14)19-7-9-22-10-8-19/h2-3,5-6,13,16H,1,4,7-12H2,(H,18,21). The number of benzene rings is 1. The van der Waals surface area contributed by atoms with E-state index in [1.807, 2.05) is 28.8 Å². The molecule has 4 nitrogen and oxygen atoms in total. The number of hydrogen-bond acceptors (Lipinski definition) is 3. The predicted molar refractivity (Wildman–Crippen MR) is 92.8 cm³/mol. The van der Waals surface area contributed by atoms with E-state index in [0.717, 1.165) is 31.2 Å². The van der Waals surface area contributed by atoms with Gasteiger partial charge in [0.15, 0.2) is 0 Å². The van der Waals surface area contributed by atoms with Gasteiger partial charge in [0.05, 0.1) is 0 Å². The van der Waals surface area contributed by atoms with Crippen LogP contribution in [0.4, 0.5) is 16.2 Å². The molecule has 0 radical (unpaired) electrons. The van der Waals surface area contributed by atoms with E-state index in [4.69, 9.17) is 0 Å². The lowest BCUT2D eigenvalue weighted by atomic mass is 10.1. The van der Waals surface area contributed by atoms with Crippen molar-refractivity contribution < 1.29 is 4.79 Å². The fourth-order valence-corrected chi connectivity index (χ4v) is 4.85. The maximum atomic E-state index is 12.4. The number of fused-ring (bicyclic) bond motifs is 2. The highest BCUT2D eigenvalue weighted by molar-refractivity contribution is 7.99. The van der Waals surface area contributed by atoms with Gasteiger partial charge in [-0.05, 0) is 49.4 Å². The molecule has 22 heavy (non-hydrogen) atoms. The lowest BCUT2D eigenvalue weighted by Crippen LogP contribution is -2.40. The van der Waals surface area contributed by atoms with Crippen LogP contribution in [0.1, 0.15) is 19.3 Å². The molecule has 0 spiro atoms. The van der Waals surface area contributed by atoms with Crippen molar-refractivity contribution in [2.24, 2.45) is 5.92 Å². The van der Waals surface area contributed by atoms with Gasteiger partial charge in [-0.3, -0.25) is 0 Å². The molecule has 0 aromatic heterocycles. The minimum atomic E-state index is 0.0781. The van der Waals surface area contributed by atoms with Crippen LogP contribution in [0.25, 0.3) is 0 Å². The Kier molecular flexibility index (Phi) is 3.90. The third-order valence-electron chi connectivity index (χ3n) is 5.16. The van der Waals surface area contributed by atoms with Gasteiger partial charge in [0.25, 0.3) is 0 Å². The van der Waals surface area contributed by atoms with E-state index in [9.17, 15) is 4.79 Å². The highest BCUT2D eigenvalue weighted by Crippen LogP contribution is 2.37. The zero-order chi connectivity index (χ0) is 14.9. The number of urea groups is 1. The van der Waals surface area contributed by atoms with Crippen LogP contribution < -0.4 is 10.2 Å². The van der Waals surface area contributed by atoms with Gasteiger partial charge in [-0.25, -0.2) is 4.79 Å². The number of hydrogen-bond donors (Lipinski definition) is 1. The summed E-state index contributed by atoms with van der Waals surface area (Å²) in [4.78, 5) is 16.8. The average Bonchev–Trinajstić information content (AvgIpc) is 3.19. The largest absolute Gasteiger partial charge is 0.370 e. The summed E-state index contributed by atoms with van der Waals surface area (Å²) < 4.78 is 0. The number of carbonyl (C=O) groups is 1. The number of piperidine rings is 1. The Morgan fingerprint density at radius 3 is 2.55 bits per heavy atom. The summed E-state index contributed by atoms with van der Waals surface area (Å²) in [5.74, 6) is 3.15. The minimum Gasteiger partial charge on any atom is -0.370 e.